The minimum atomic E-state index is -0.452. The van der Waals surface area contributed by atoms with Gasteiger partial charge >= 0.3 is 0 Å². The molecule has 7 nitrogen and oxygen atoms in total. The molecule has 0 radical (unpaired) electrons. The summed E-state index contributed by atoms with van der Waals surface area (Å²) < 4.78 is 5.74. The maximum absolute atomic E-state index is 12.3. The van der Waals surface area contributed by atoms with Gasteiger partial charge in [-0.1, -0.05) is 29.8 Å². The monoisotopic (exact) mass is 419 g/mol. The lowest BCUT2D eigenvalue weighted by atomic mass is 10.1. The first-order valence-corrected chi connectivity index (χ1v) is 9.93. The van der Waals surface area contributed by atoms with Crippen LogP contribution in [0.3, 0.4) is 0 Å². The van der Waals surface area contributed by atoms with E-state index in [2.05, 4.69) is 10.3 Å². The quantitative estimate of drug-likeness (QED) is 0.349. The first-order chi connectivity index (χ1) is 14.4. The van der Waals surface area contributed by atoms with Gasteiger partial charge in [0.2, 0.25) is 0 Å². The number of amidine groups is 1. The van der Waals surface area contributed by atoms with Gasteiger partial charge in [-0.25, -0.2) is 4.99 Å². The molecule has 1 fully saturated rings. The summed E-state index contributed by atoms with van der Waals surface area (Å²) in [5.74, 6) is 0.516. The number of hydrogen-bond acceptors (Lipinski definition) is 6. The lowest BCUT2D eigenvalue weighted by Crippen LogP contribution is -2.19. The number of thioether (sulfide) groups is 1. The Kier molecular flexibility index (Phi) is 5.24. The maximum atomic E-state index is 12.3. The number of nitrogens with one attached hydrogen (secondary N) is 1. The molecule has 1 N–H and O–H groups in total. The fourth-order valence-electron chi connectivity index (χ4n) is 3.07. The van der Waals surface area contributed by atoms with Crippen molar-refractivity contribution in [1.82, 2.24) is 5.32 Å². The Bertz CT molecular complexity index is 1230. The van der Waals surface area contributed by atoms with E-state index >= 15 is 0 Å². The second-order valence-corrected chi connectivity index (χ2v) is 7.78. The predicted octanol–water partition coefficient (Wildman–Crippen LogP) is 5.36. The largest absolute Gasteiger partial charge is 0.456 e. The number of amides is 1. The minimum Gasteiger partial charge on any atom is -0.456 e. The number of rotatable bonds is 4. The standard InChI is InChI=1S/C22H17N3O4S/c1-13-7-9-17(14(2)11-13)23-22-24-21(26)20(30-22)12-15-8-10-19(29-15)16-5-3-4-6-18(16)25(27)28/h3-12H,1-2H3,(H,23,24,26)/b20-12+. The molecule has 0 unspecified atom stereocenters. The molecule has 0 atom stereocenters. The van der Waals surface area contributed by atoms with Gasteiger partial charge in [0.05, 0.1) is 21.1 Å². The minimum absolute atomic E-state index is 0.0399. The van der Waals surface area contributed by atoms with Crippen molar-refractivity contribution in [3.8, 4) is 11.3 Å². The summed E-state index contributed by atoms with van der Waals surface area (Å²) in [6.07, 6.45) is 1.60. The number of nitro benzene ring substituents is 1. The number of para-hydroxylation sites is 1. The lowest BCUT2D eigenvalue weighted by Gasteiger charge is -2.02. The molecule has 8 heteroatoms. The predicted molar refractivity (Wildman–Crippen MR) is 118 cm³/mol. The van der Waals surface area contributed by atoms with Gasteiger partial charge in [0.15, 0.2) is 5.17 Å². The average molecular weight is 419 g/mol. The highest BCUT2D eigenvalue weighted by molar-refractivity contribution is 8.18. The number of carbonyl (C=O) groups excluding carboxylic acids is 1. The van der Waals surface area contributed by atoms with Crippen molar-refractivity contribution >= 4 is 40.3 Å². The second-order valence-electron chi connectivity index (χ2n) is 6.75. The van der Waals surface area contributed by atoms with Crippen LogP contribution >= 0.6 is 11.8 Å². The molecule has 1 aromatic heterocycles. The van der Waals surface area contributed by atoms with Crippen molar-refractivity contribution in [3.63, 3.8) is 0 Å². The Morgan fingerprint density at radius 1 is 1.13 bits per heavy atom. The van der Waals surface area contributed by atoms with Gasteiger partial charge in [-0.2, -0.15) is 0 Å². The molecule has 0 spiro atoms. The zero-order valence-corrected chi connectivity index (χ0v) is 17.0. The lowest BCUT2D eigenvalue weighted by molar-refractivity contribution is -0.384. The van der Waals surface area contributed by atoms with Crippen LogP contribution < -0.4 is 5.32 Å². The van der Waals surface area contributed by atoms with Gasteiger partial charge in [-0.15, -0.1) is 0 Å². The smallest absolute Gasteiger partial charge is 0.280 e. The Morgan fingerprint density at radius 3 is 2.70 bits per heavy atom. The van der Waals surface area contributed by atoms with Gasteiger partial charge in [0, 0.05) is 12.1 Å². The zero-order chi connectivity index (χ0) is 21.3. The van der Waals surface area contributed by atoms with Gasteiger partial charge < -0.3 is 9.73 Å². The molecule has 4 rings (SSSR count). The van der Waals surface area contributed by atoms with Crippen LogP contribution in [0, 0.1) is 24.0 Å². The summed E-state index contributed by atoms with van der Waals surface area (Å²) in [5.41, 5.74) is 3.30. The van der Waals surface area contributed by atoms with E-state index in [9.17, 15) is 14.9 Å². The topological polar surface area (TPSA) is 97.7 Å². The normalized spacial score (nSPS) is 16.3. The molecule has 2 heterocycles. The summed E-state index contributed by atoms with van der Waals surface area (Å²) in [4.78, 5) is 28.1. The fourth-order valence-corrected chi connectivity index (χ4v) is 3.88. The van der Waals surface area contributed by atoms with E-state index in [0.29, 0.717) is 27.2 Å². The van der Waals surface area contributed by atoms with Crippen LogP contribution in [0.4, 0.5) is 11.4 Å². The van der Waals surface area contributed by atoms with Gasteiger partial charge in [-0.05, 0) is 55.4 Å². The molecule has 1 saturated heterocycles. The summed E-state index contributed by atoms with van der Waals surface area (Å²) in [5, 5.41) is 14.5. The highest BCUT2D eigenvalue weighted by atomic mass is 32.2. The van der Waals surface area contributed by atoms with Crippen molar-refractivity contribution in [2.45, 2.75) is 13.8 Å². The van der Waals surface area contributed by atoms with Crippen molar-refractivity contribution in [3.05, 3.63) is 86.5 Å². The number of benzene rings is 2. The summed E-state index contributed by atoms with van der Waals surface area (Å²) in [7, 11) is 0. The van der Waals surface area contributed by atoms with Crippen molar-refractivity contribution in [1.29, 1.82) is 0 Å². The van der Waals surface area contributed by atoms with Crippen LogP contribution in [0.15, 0.2) is 68.9 Å². The van der Waals surface area contributed by atoms with Crippen LogP contribution in [0.1, 0.15) is 16.9 Å². The Morgan fingerprint density at radius 2 is 1.93 bits per heavy atom. The number of furan rings is 1. The van der Waals surface area contributed by atoms with Crippen molar-refractivity contribution < 1.29 is 14.1 Å². The van der Waals surface area contributed by atoms with Crippen LogP contribution in [-0.4, -0.2) is 16.0 Å². The number of nitro groups is 1. The number of aliphatic imine (C=N–C) groups is 1. The third-order valence-corrected chi connectivity index (χ3v) is 5.40. The highest BCUT2D eigenvalue weighted by Gasteiger charge is 2.25. The molecule has 0 bridgehead atoms. The molecule has 3 aromatic rings. The number of aryl methyl sites for hydroxylation is 2. The summed E-state index contributed by atoms with van der Waals surface area (Å²) >= 11 is 1.22. The maximum Gasteiger partial charge on any atom is 0.280 e. The number of nitrogens with zero attached hydrogens (tertiary/aromatic N) is 2. The van der Waals surface area contributed by atoms with E-state index in [4.69, 9.17) is 4.42 Å². The molecule has 30 heavy (non-hydrogen) atoms. The molecule has 0 saturated carbocycles. The first kappa shape index (κ1) is 19.7. The van der Waals surface area contributed by atoms with Crippen LogP contribution in [0.25, 0.3) is 17.4 Å². The molecule has 1 amide bonds. The third kappa shape index (κ3) is 4.04. The molecule has 1 aliphatic heterocycles. The van der Waals surface area contributed by atoms with Crippen LogP contribution in [0.2, 0.25) is 0 Å². The van der Waals surface area contributed by atoms with E-state index in [-0.39, 0.29) is 11.6 Å². The van der Waals surface area contributed by atoms with Crippen LogP contribution in [-0.2, 0) is 4.79 Å². The SMILES string of the molecule is Cc1ccc(N=C2NC(=O)/C(=C\c3ccc(-c4ccccc4[N+](=O)[O-])o3)S2)c(C)c1. The van der Waals surface area contributed by atoms with E-state index in [1.807, 2.05) is 32.0 Å². The fraction of sp³-hybridized carbons (Fsp3) is 0.0909. The van der Waals surface area contributed by atoms with E-state index in [1.165, 1.54) is 17.8 Å². The van der Waals surface area contributed by atoms with E-state index < -0.39 is 4.92 Å². The third-order valence-electron chi connectivity index (χ3n) is 4.49. The van der Waals surface area contributed by atoms with Crippen LogP contribution in [0.5, 0.6) is 0 Å². The summed E-state index contributed by atoms with van der Waals surface area (Å²) in [6.45, 7) is 3.98. The first-order valence-electron chi connectivity index (χ1n) is 9.11. The Labute approximate surface area is 176 Å². The summed E-state index contributed by atoms with van der Waals surface area (Å²) in [6, 6.07) is 15.6. The number of carbonyl (C=O) groups is 1. The molecule has 2 aromatic carbocycles. The molecule has 0 aliphatic carbocycles. The Balaban J connectivity index is 1.59. The van der Waals surface area contributed by atoms with Gasteiger partial charge in [0.1, 0.15) is 11.5 Å². The second kappa shape index (κ2) is 8.00. The van der Waals surface area contributed by atoms with Gasteiger partial charge in [0.25, 0.3) is 11.6 Å². The molecular formula is C22H17N3O4S. The van der Waals surface area contributed by atoms with Gasteiger partial charge in [-0.3, -0.25) is 14.9 Å². The van der Waals surface area contributed by atoms with E-state index in [0.717, 1.165) is 16.8 Å². The van der Waals surface area contributed by atoms with E-state index in [1.54, 1.807) is 36.4 Å². The Hall–Kier alpha value is -3.65. The average Bonchev–Trinajstić information content (AvgIpc) is 3.31. The van der Waals surface area contributed by atoms with Crippen molar-refractivity contribution in [2.75, 3.05) is 0 Å². The zero-order valence-electron chi connectivity index (χ0n) is 16.2. The molecule has 150 valence electrons. The van der Waals surface area contributed by atoms with Crippen molar-refractivity contribution in [2.24, 2.45) is 4.99 Å². The molecule has 1 aliphatic rings. The number of hydrogen-bond donors (Lipinski definition) is 1. The molecular weight excluding hydrogens is 402 g/mol. The highest BCUT2D eigenvalue weighted by Crippen LogP contribution is 2.33.